The van der Waals surface area contributed by atoms with Gasteiger partial charge in [0.2, 0.25) is 9.84 Å². The first kappa shape index (κ1) is 24.3. The van der Waals surface area contributed by atoms with Gasteiger partial charge in [0.1, 0.15) is 23.0 Å². The first-order chi connectivity index (χ1) is 15.3. The highest BCUT2D eigenvalue weighted by Crippen LogP contribution is 2.38. The summed E-state index contributed by atoms with van der Waals surface area (Å²) in [5.41, 5.74) is -0.467. The van der Waals surface area contributed by atoms with Crippen molar-refractivity contribution in [2.45, 2.75) is 43.7 Å². The first-order valence-electron chi connectivity index (χ1n) is 9.96. The van der Waals surface area contributed by atoms with Gasteiger partial charge in [-0.1, -0.05) is 20.8 Å². The van der Waals surface area contributed by atoms with Crippen LogP contribution in [0, 0.1) is 24.0 Å². The Hall–Kier alpha value is -3.34. The molecule has 0 aliphatic carbocycles. The molecule has 1 unspecified atom stereocenters. The number of pyridine rings is 1. The van der Waals surface area contributed by atoms with Crippen LogP contribution in [-0.4, -0.2) is 36.3 Å². The summed E-state index contributed by atoms with van der Waals surface area (Å²) in [6, 6.07) is 6.69. The Morgan fingerprint density at radius 1 is 1.15 bits per heavy atom. The molecule has 8 nitrogen and oxygen atoms in total. The molecule has 0 bridgehead atoms. The van der Waals surface area contributed by atoms with Gasteiger partial charge in [0.05, 0.1) is 4.90 Å². The van der Waals surface area contributed by atoms with E-state index in [0.29, 0.717) is 5.69 Å². The maximum Gasteiger partial charge on any atom is 0.407 e. The number of carbonyl (C=O) groups is 1. The van der Waals surface area contributed by atoms with E-state index in [1.165, 1.54) is 31.4 Å². The van der Waals surface area contributed by atoms with Crippen molar-refractivity contribution in [2.75, 3.05) is 7.05 Å². The summed E-state index contributed by atoms with van der Waals surface area (Å²) in [4.78, 5) is 15.8. The van der Waals surface area contributed by atoms with E-state index >= 15 is 0 Å². The number of nitrogens with zero attached hydrogens (tertiary/aromatic N) is 3. The second-order valence-corrected chi connectivity index (χ2v) is 10.4. The SMILES string of the molecule is CNC(=O)OC(c1cc(S(=O)(=O)c2ccc(C)nc2)n(-c2cc(F)ccc2F)n1)C(C)(C)C. The lowest BCUT2D eigenvalue weighted by Gasteiger charge is -2.28. The minimum Gasteiger partial charge on any atom is -0.439 e. The van der Waals surface area contributed by atoms with Crippen molar-refractivity contribution >= 4 is 15.9 Å². The molecular formula is C22H24F2N4O4S. The van der Waals surface area contributed by atoms with Gasteiger partial charge in [-0.05, 0) is 31.2 Å². The third-order valence-corrected chi connectivity index (χ3v) is 6.49. The number of ether oxygens (including phenoxy) is 1. The van der Waals surface area contributed by atoms with E-state index in [1.54, 1.807) is 27.7 Å². The third-order valence-electron chi connectivity index (χ3n) is 4.79. The summed E-state index contributed by atoms with van der Waals surface area (Å²) in [7, 11) is -2.89. The average Bonchev–Trinajstić information content (AvgIpc) is 3.18. The Balaban J connectivity index is 2.29. The zero-order valence-electron chi connectivity index (χ0n) is 18.8. The van der Waals surface area contributed by atoms with E-state index < -0.39 is 49.8 Å². The molecule has 0 fully saturated rings. The molecular weight excluding hydrogens is 454 g/mol. The van der Waals surface area contributed by atoms with Crippen molar-refractivity contribution in [3.63, 3.8) is 0 Å². The second-order valence-electron chi connectivity index (χ2n) is 8.46. The first-order valence-corrected chi connectivity index (χ1v) is 11.4. The molecule has 33 heavy (non-hydrogen) atoms. The van der Waals surface area contributed by atoms with Crippen LogP contribution in [0.2, 0.25) is 0 Å². The number of nitrogens with one attached hydrogen (secondary N) is 1. The van der Waals surface area contributed by atoms with E-state index in [9.17, 15) is 22.0 Å². The van der Waals surface area contributed by atoms with Crippen molar-refractivity contribution in [2.24, 2.45) is 5.41 Å². The second kappa shape index (κ2) is 8.89. The van der Waals surface area contributed by atoms with Crippen LogP contribution in [0.15, 0.2) is 52.5 Å². The molecule has 1 N–H and O–H groups in total. The number of benzene rings is 1. The number of hydrogen-bond acceptors (Lipinski definition) is 6. The lowest BCUT2D eigenvalue weighted by Crippen LogP contribution is -2.29. The lowest BCUT2D eigenvalue weighted by atomic mass is 9.87. The zero-order chi connectivity index (χ0) is 24.6. The topological polar surface area (TPSA) is 103 Å². The molecule has 176 valence electrons. The van der Waals surface area contributed by atoms with Gasteiger partial charge in [0.15, 0.2) is 11.1 Å². The fraction of sp³-hybridized carbons (Fsp3) is 0.318. The van der Waals surface area contributed by atoms with Crippen LogP contribution in [0.3, 0.4) is 0 Å². The van der Waals surface area contributed by atoms with Gasteiger partial charge in [-0.15, -0.1) is 0 Å². The Labute approximate surface area is 190 Å². The third kappa shape index (κ3) is 5.03. The number of sulfone groups is 1. The van der Waals surface area contributed by atoms with Gasteiger partial charge < -0.3 is 10.1 Å². The fourth-order valence-corrected chi connectivity index (χ4v) is 4.43. The Morgan fingerprint density at radius 2 is 1.85 bits per heavy atom. The van der Waals surface area contributed by atoms with Crippen molar-refractivity contribution < 1.29 is 26.7 Å². The van der Waals surface area contributed by atoms with Crippen LogP contribution >= 0.6 is 0 Å². The molecule has 2 aromatic heterocycles. The minimum absolute atomic E-state index is 0.0495. The van der Waals surface area contributed by atoms with Crippen molar-refractivity contribution in [1.82, 2.24) is 20.1 Å². The standard InChI is InChI=1S/C22H24F2N4O4S/c1-13-6-8-15(12-26-13)33(30,31)19-11-17(20(22(2,3)4)32-21(29)25-5)27-28(19)18-10-14(23)7-9-16(18)24/h6-12,20H,1-5H3,(H,25,29). The van der Waals surface area contributed by atoms with Crippen LogP contribution in [-0.2, 0) is 14.6 Å². The number of carbonyl (C=O) groups excluding carboxylic acids is 1. The van der Waals surface area contributed by atoms with E-state index in [-0.39, 0.29) is 10.6 Å². The summed E-state index contributed by atoms with van der Waals surface area (Å²) in [6.07, 6.45) is -0.583. The molecule has 1 amide bonds. The van der Waals surface area contributed by atoms with Crippen molar-refractivity contribution in [1.29, 1.82) is 0 Å². The molecule has 0 saturated carbocycles. The molecule has 1 aromatic carbocycles. The highest BCUT2D eigenvalue weighted by Gasteiger charge is 2.36. The molecule has 0 aliphatic heterocycles. The van der Waals surface area contributed by atoms with Crippen molar-refractivity contribution in [3.8, 4) is 5.69 Å². The van der Waals surface area contributed by atoms with Gasteiger partial charge in [-0.25, -0.2) is 26.7 Å². The Morgan fingerprint density at radius 3 is 2.42 bits per heavy atom. The summed E-state index contributed by atoms with van der Waals surface area (Å²) < 4.78 is 61.8. The Kier molecular flexibility index (Phi) is 6.55. The van der Waals surface area contributed by atoms with E-state index in [0.717, 1.165) is 22.9 Å². The number of hydrogen-bond donors (Lipinski definition) is 1. The van der Waals surface area contributed by atoms with Crippen LogP contribution in [0.4, 0.5) is 13.6 Å². The number of rotatable bonds is 5. The van der Waals surface area contributed by atoms with Gasteiger partial charge in [-0.2, -0.15) is 5.10 Å². The quantitative estimate of drug-likeness (QED) is 0.592. The number of amides is 1. The van der Waals surface area contributed by atoms with Gasteiger partial charge in [-0.3, -0.25) is 4.98 Å². The molecule has 11 heteroatoms. The lowest BCUT2D eigenvalue weighted by molar-refractivity contribution is 0.0284. The van der Waals surface area contributed by atoms with E-state index in [4.69, 9.17) is 4.74 Å². The van der Waals surface area contributed by atoms with Crippen LogP contribution in [0.1, 0.15) is 38.3 Å². The monoisotopic (exact) mass is 478 g/mol. The smallest absolute Gasteiger partial charge is 0.407 e. The van der Waals surface area contributed by atoms with Crippen LogP contribution in [0.5, 0.6) is 0 Å². The number of aromatic nitrogens is 3. The van der Waals surface area contributed by atoms with Gasteiger partial charge in [0.25, 0.3) is 0 Å². The molecule has 0 radical (unpaired) electrons. The summed E-state index contributed by atoms with van der Waals surface area (Å²) >= 11 is 0. The summed E-state index contributed by atoms with van der Waals surface area (Å²) in [5, 5.41) is 6.16. The highest BCUT2D eigenvalue weighted by atomic mass is 32.2. The molecule has 3 aromatic rings. The van der Waals surface area contributed by atoms with Crippen molar-refractivity contribution in [3.05, 3.63) is 65.6 Å². The molecule has 0 saturated heterocycles. The Bertz CT molecular complexity index is 1280. The largest absolute Gasteiger partial charge is 0.439 e. The molecule has 0 spiro atoms. The maximum absolute atomic E-state index is 14.7. The van der Waals surface area contributed by atoms with E-state index in [2.05, 4.69) is 15.4 Å². The fourth-order valence-electron chi connectivity index (χ4n) is 3.10. The minimum atomic E-state index is -4.26. The predicted octanol–water partition coefficient (Wildman–Crippen LogP) is 4.13. The molecule has 3 rings (SSSR count). The maximum atomic E-state index is 14.7. The van der Waals surface area contributed by atoms with E-state index in [1.807, 2.05) is 0 Å². The van der Waals surface area contributed by atoms with Gasteiger partial charge in [0, 0.05) is 36.5 Å². The van der Waals surface area contributed by atoms with Gasteiger partial charge >= 0.3 is 6.09 Å². The molecule has 0 aliphatic rings. The van der Waals surface area contributed by atoms with Crippen LogP contribution < -0.4 is 5.32 Å². The normalized spacial score (nSPS) is 12.9. The summed E-state index contributed by atoms with van der Waals surface area (Å²) in [6.45, 7) is 6.99. The summed E-state index contributed by atoms with van der Waals surface area (Å²) in [5.74, 6) is -1.66. The molecule has 1 atom stereocenters. The molecule has 2 heterocycles. The number of halogens is 2. The van der Waals surface area contributed by atoms with Crippen LogP contribution in [0.25, 0.3) is 5.69 Å². The average molecular weight is 479 g/mol. The number of alkyl carbamates (subject to hydrolysis) is 1. The number of aryl methyl sites for hydroxylation is 1. The highest BCUT2D eigenvalue weighted by molar-refractivity contribution is 7.91. The predicted molar refractivity (Wildman–Crippen MR) is 116 cm³/mol. The zero-order valence-corrected chi connectivity index (χ0v) is 19.6.